The van der Waals surface area contributed by atoms with Crippen LogP contribution < -0.4 is 10.9 Å². The molecular weight excluding hydrogens is 364 g/mol. The molecule has 1 aromatic heterocycles. The average molecular weight is 389 g/mol. The third-order valence-electron chi connectivity index (χ3n) is 5.70. The van der Waals surface area contributed by atoms with Gasteiger partial charge in [-0.15, -0.1) is 12.4 Å². The lowest BCUT2D eigenvalue weighted by molar-refractivity contribution is 0.0599. The largest absolute Gasteiger partial charge is 0.337 e. The number of hydrogen-bond acceptors (Lipinski definition) is 4. The Hall–Kier alpha value is -2.18. The fourth-order valence-electron chi connectivity index (χ4n) is 4.00. The van der Waals surface area contributed by atoms with Crippen LogP contribution in [0.25, 0.3) is 0 Å². The highest BCUT2D eigenvalue weighted by molar-refractivity contribution is 5.92. The van der Waals surface area contributed by atoms with Crippen molar-refractivity contribution in [2.75, 3.05) is 26.2 Å². The zero-order valence-electron chi connectivity index (χ0n) is 15.3. The summed E-state index contributed by atoms with van der Waals surface area (Å²) in [5, 5.41) is 7.77. The quantitative estimate of drug-likeness (QED) is 0.872. The van der Waals surface area contributed by atoms with Gasteiger partial charge >= 0.3 is 0 Å². The number of halogens is 1. The highest BCUT2D eigenvalue weighted by Crippen LogP contribution is 2.37. The third-order valence-corrected chi connectivity index (χ3v) is 5.70. The molecule has 0 saturated carbocycles. The number of amides is 1. The van der Waals surface area contributed by atoms with Crippen molar-refractivity contribution in [2.24, 2.45) is 5.41 Å². The lowest BCUT2D eigenvalue weighted by Crippen LogP contribution is -2.44. The Morgan fingerprint density at radius 1 is 1.07 bits per heavy atom. The van der Waals surface area contributed by atoms with Gasteiger partial charge in [-0.1, -0.05) is 30.3 Å². The molecule has 2 aliphatic heterocycles. The van der Waals surface area contributed by atoms with E-state index in [0.29, 0.717) is 17.7 Å². The minimum Gasteiger partial charge on any atom is -0.337 e. The van der Waals surface area contributed by atoms with Gasteiger partial charge in [-0.25, -0.2) is 4.68 Å². The molecular formula is C20H25ClN4O2. The molecule has 4 rings (SSSR count). The molecule has 144 valence electrons. The molecule has 6 nitrogen and oxygen atoms in total. The number of likely N-dealkylation sites (tertiary alicyclic amines) is 1. The Bertz CT molecular complexity index is 837. The van der Waals surface area contributed by atoms with Crippen LogP contribution in [-0.4, -0.2) is 46.8 Å². The molecule has 27 heavy (non-hydrogen) atoms. The van der Waals surface area contributed by atoms with Gasteiger partial charge in [0.05, 0.1) is 6.54 Å². The fourth-order valence-corrected chi connectivity index (χ4v) is 4.00. The van der Waals surface area contributed by atoms with Crippen molar-refractivity contribution >= 4 is 18.3 Å². The number of piperidine rings is 1. The van der Waals surface area contributed by atoms with Crippen molar-refractivity contribution in [1.82, 2.24) is 20.0 Å². The zero-order chi connectivity index (χ0) is 18.0. The first-order valence-electron chi connectivity index (χ1n) is 9.27. The third kappa shape index (κ3) is 4.22. The maximum Gasteiger partial charge on any atom is 0.274 e. The van der Waals surface area contributed by atoms with Gasteiger partial charge in [-0.3, -0.25) is 9.59 Å². The average Bonchev–Trinajstić information content (AvgIpc) is 3.12. The van der Waals surface area contributed by atoms with Crippen molar-refractivity contribution in [3.63, 3.8) is 0 Å². The number of hydrogen-bond donors (Lipinski definition) is 1. The van der Waals surface area contributed by atoms with Crippen LogP contribution in [0.4, 0.5) is 0 Å². The Balaban J connectivity index is 0.00000210. The summed E-state index contributed by atoms with van der Waals surface area (Å²) in [5.41, 5.74) is 1.51. The van der Waals surface area contributed by atoms with Crippen molar-refractivity contribution in [3.8, 4) is 0 Å². The van der Waals surface area contributed by atoms with E-state index in [1.54, 1.807) is 6.07 Å². The maximum atomic E-state index is 12.9. The van der Waals surface area contributed by atoms with Gasteiger partial charge in [0.15, 0.2) is 0 Å². The van der Waals surface area contributed by atoms with Crippen molar-refractivity contribution in [1.29, 1.82) is 0 Å². The smallest absolute Gasteiger partial charge is 0.274 e. The highest BCUT2D eigenvalue weighted by atomic mass is 35.5. The summed E-state index contributed by atoms with van der Waals surface area (Å²) in [4.78, 5) is 26.8. The van der Waals surface area contributed by atoms with Gasteiger partial charge in [0.1, 0.15) is 5.69 Å². The van der Waals surface area contributed by atoms with Crippen LogP contribution in [0.15, 0.2) is 47.3 Å². The number of rotatable bonds is 3. The SMILES string of the molecule is Cl.O=C(c1ccc(=O)n(Cc2ccccc2)n1)N1CCC2(CCNC2)CC1. The van der Waals surface area contributed by atoms with E-state index in [0.717, 1.165) is 44.6 Å². The number of aromatic nitrogens is 2. The summed E-state index contributed by atoms with van der Waals surface area (Å²) in [7, 11) is 0. The summed E-state index contributed by atoms with van der Waals surface area (Å²) in [5.74, 6) is -0.0763. The van der Waals surface area contributed by atoms with Crippen LogP contribution >= 0.6 is 12.4 Å². The van der Waals surface area contributed by atoms with Crippen LogP contribution in [0.3, 0.4) is 0 Å². The van der Waals surface area contributed by atoms with E-state index in [2.05, 4.69) is 10.4 Å². The maximum absolute atomic E-state index is 12.9. The van der Waals surface area contributed by atoms with Crippen LogP contribution in [0.1, 0.15) is 35.3 Å². The second-order valence-corrected chi connectivity index (χ2v) is 7.42. The first kappa shape index (κ1) is 19.6. The van der Waals surface area contributed by atoms with E-state index in [1.807, 2.05) is 35.2 Å². The number of benzene rings is 1. The molecule has 2 aromatic rings. The molecule has 1 amide bonds. The monoisotopic (exact) mass is 388 g/mol. The Kier molecular flexibility index (Phi) is 5.97. The van der Waals surface area contributed by atoms with E-state index in [1.165, 1.54) is 17.2 Å². The van der Waals surface area contributed by atoms with Gasteiger partial charge in [0, 0.05) is 25.7 Å². The van der Waals surface area contributed by atoms with Gasteiger partial charge in [-0.05, 0) is 42.9 Å². The molecule has 2 fully saturated rings. The highest BCUT2D eigenvalue weighted by Gasteiger charge is 2.38. The Morgan fingerprint density at radius 3 is 2.48 bits per heavy atom. The second kappa shape index (κ2) is 8.23. The van der Waals surface area contributed by atoms with Crippen molar-refractivity contribution in [3.05, 3.63) is 64.1 Å². The molecule has 0 unspecified atom stereocenters. The summed E-state index contributed by atoms with van der Waals surface area (Å²) >= 11 is 0. The summed E-state index contributed by atoms with van der Waals surface area (Å²) in [6.07, 6.45) is 3.28. The minimum atomic E-state index is -0.194. The number of carbonyl (C=O) groups is 1. The van der Waals surface area contributed by atoms with Gasteiger partial charge in [0.2, 0.25) is 0 Å². The number of nitrogens with zero attached hydrogens (tertiary/aromatic N) is 3. The van der Waals surface area contributed by atoms with E-state index in [-0.39, 0.29) is 23.9 Å². The van der Waals surface area contributed by atoms with Crippen LogP contribution in [-0.2, 0) is 6.54 Å². The van der Waals surface area contributed by atoms with Crippen LogP contribution in [0.5, 0.6) is 0 Å². The molecule has 0 bridgehead atoms. The molecule has 1 N–H and O–H groups in total. The first-order chi connectivity index (χ1) is 12.7. The van der Waals surface area contributed by atoms with Crippen LogP contribution in [0, 0.1) is 5.41 Å². The molecule has 3 heterocycles. The fraction of sp³-hybridized carbons (Fsp3) is 0.450. The summed E-state index contributed by atoms with van der Waals surface area (Å²) < 4.78 is 1.37. The van der Waals surface area contributed by atoms with E-state index >= 15 is 0 Å². The number of nitrogens with one attached hydrogen (secondary N) is 1. The van der Waals surface area contributed by atoms with E-state index in [4.69, 9.17) is 0 Å². The molecule has 0 atom stereocenters. The molecule has 0 aliphatic carbocycles. The molecule has 7 heteroatoms. The zero-order valence-corrected chi connectivity index (χ0v) is 16.1. The standard InChI is InChI=1S/C20H24N4O2.ClH/c25-18-7-6-17(22-24(18)14-16-4-2-1-3-5-16)19(26)23-12-9-20(10-13-23)8-11-21-15-20;/h1-7,21H,8-15H2;1H. The summed E-state index contributed by atoms with van der Waals surface area (Å²) in [6.45, 7) is 4.05. The van der Waals surface area contributed by atoms with E-state index < -0.39 is 0 Å². The predicted octanol–water partition coefficient (Wildman–Crippen LogP) is 1.93. The van der Waals surface area contributed by atoms with E-state index in [9.17, 15) is 9.59 Å². The topological polar surface area (TPSA) is 67.2 Å². The summed E-state index contributed by atoms with van der Waals surface area (Å²) in [6, 6.07) is 12.7. The Morgan fingerprint density at radius 2 is 1.81 bits per heavy atom. The minimum absolute atomic E-state index is 0. The molecule has 2 aliphatic rings. The predicted molar refractivity (Wildman–Crippen MR) is 106 cm³/mol. The lowest BCUT2D eigenvalue weighted by atomic mass is 9.78. The first-order valence-corrected chi connectivity index (χ1v) is 9.27. The van der Waals surface area contributed by atoms with Crippen molar-refractivity contribution < 1.29 is 4.79 Å². The number of carbonyl (C=O) groups excluding carboxylic acids is 1. The van der Waals surface area contributed by atoms with Crippen molar-refractivity contribution in [2.45, 2.75) is 25.8 Å². The lowest BCUT2D eigenvalue weighted by Gasteiger charge is -2.38. The van der Waals surface area contributed by atoms with Gasteiger partial charge < -0.3 is 10.2 Å². The van der Waals surface area contributed by atoms with Gasteiger partial charge in [-0.2, -0.15) is 5.10 Å². The van der Waals surface area contributed by atoms with Crippen LogP contribution in [0.2, 0.25) is 0 Å². The molecule has 1 aromatic carbocycles. The second-order valence-electron chi connectivity index (χ2n) is 7.42. The molecule has 1 spiro atoms. The van der Waals surface area contributed by atoms with Gasteiger partial charge in [0.25, 0.3) is 11.5 Å². The molecule has 0 radical (unpaired) electrons. The normalized spacial score (nSPS) is 18.3. The molecule has 2 saturated heterocycles. The Labute approximate surface area is 165 Å².